The third-order valence-electron chi connectivity index (χ3n) is 5.53. The van der Waals surface area contributed by atoms with Gasteiger partial charge in [-0.1, -0.05) is 23.7 Å². The maximum absolute atomic E-state index is 10.8. The first kappa shape index (κ1) is 24.7. The molecule has 12 heteroatoms. The molecule has 3 rings (SSSR count). The molecule has 31 heavy (non-hydrogen) atoms. The normalized spacial score (nSPS) is 43.7. The van der Waals surface area contributed by atoms with Crippen LogP contribution in [0.1, 0.15) is 5.56 Å². The minimum atomic E-state index is -2.28. The van der Waals surface area contributed by atoms with Gasteiger partial charge in [-0.3, -0.25) is 0 Å². The molecule has 0 saturated carbocycles. The molecule has 1 aromatic rings. The highest BCUT2D eigenvalue weighted by Crippen LogP contribution is 2.34. The largest absolute Gasteiger partial charge is 0.394 e. The van der Waals surface area contributed by atoms with E-state index in [-0.39, 0.29) is 6.42 Å². The van der Waals surface area contributed by atoms with Crippen molar-refractivity contribution in [1.29, 1.82) is 0 Å². The van der Waals surface area contributed by atoms with Crippen molar-refractivity contribution in [3.05, 3.63) is 34.9 Å². The Balaban J connectivity index is 1.76. The third kappa shape index (κ3) is 5.03. The Morgan fingerprint density at radius 2 is 1.48 bits per heavy atom. The quantitative estimate of drug-likeness (QED) is 0.211. The van der Waals surface area contributed by atoms with Crippen LogP contribution in [0.5, 0.6) is 0 Å². The van der Waals surface area contributed by atoms with Crippen molar-refractivity contribution in [2.45, 2.75) is 67.3 Å². The summed E-state index contributed by atoms with van der Waals surface area (Å²) in [6, 6.07) is 6.32. The Labute approximate surface area is 182 Å². The zero-order valence-electron chi connectivity index (χ0n) is 16.3. The summed E-state index contributed by atoms with van der Waals surface area (Å²) in [5.41, 5.74) is 0.531. The number of ether oxygens (including phenoxy) is 3. The summed E-state index contributed by atoms with van der Waals surface area (Å²) in [7, 11) is 0. The van der Waals surface area contributed by atoms with Crippen LogP contribution in [0.25, 0.3) is 0 Å². The minimum absolute atomic E-state index is 0.244. The summed E-state index contributed by atoms with van der Waals surface area (Å²) < 4.78 is 16.2. The highest BCUT2D eigenvalue weighted by Gasteiger charge is 2.55. The fraction of sp³-hybridized carbons (Fsp3) is 0.684. The van der Waals surface area contributed by atoms with E-state index < -0.39 is 74.1 Å². The van der Waals surface area contributed by atoms with Gasteiger partial charge in [0.05, 0.1) is 13.2 Å². The summed E-state index contributed by atoms with van der Waals surface area (Å²) in [4.78, 5) is 0. The average molecular weight is 467 g/mol. The first-order valence-corrected chi connectivity index (χ1v) is 10.1. The highest BCUT2D eigenvalue weighted by molar-refractivity contribution is 6.30. The van der Waals surface area contributed by atoms with Crippen LogP contribution >= 0.6 is 11.6 Å². The van der Waals surface area contributed by atoms with E-state index in [0.717, 1.165) is 0 Å². The summed E-state index contributed by atoms with van der Waals surface area (Å²) in [5, 5.41) is 81.3. The minimum Gasteiger partial charge on any atom is -0.394 e. The number of rotatable bonds is 6. The van der Waals surface area contributed by atoms with E-state index >= 15 is 0 Å². The SMILES string of the molecule is OC[C@H]1O[C@@H](O[C@H]2[C@H](O)[C@@H](O)[C@@](O)(Cc3ccc(Cl)cc3)O[C@@H]2CO)[C@H](O)[C@@H](O)[C@H]1O. The molecule has 10 atom stereocenters. The van der Waals surface area contributed by atoms with Crippen LogP contribution in [0.4, 0.5) is 0 Å². The lowest BCUT2D eigenvalue weighted by Crippen LogP contribution is -2.68. The van der Waals surface area contributed by atoms with Crippen molar-refractivity contribution in [3.63, 3.8) is 0 Å². The summed E-state index contributed by atoms with van der Waals surface area (Å²) in [5.74, 6) is -2.28. The number of benzene rings is 1. The second-order valence-corrected chi connectivity index (χ2v) is 8.16. The van der Waals surface area contributed by atoms with Gasteiger partial charge >= 0.3 is 0 Å². The summed E-state index contributed by atoms with van der Waals surface area (Å²) in [6.45, 7) is -1.43. The molecule has 0 amide bonds. The average Bonchev–Trinajstić information content (AvgIpc) is 2.75. The van der Waals surface area contributed by atoms with Gasteiger partial charge in [-0.15, -0.1) is 0 Å². The van der Waals surface area contributed by atoms with Crippen LogP contribution in [0.3, 0.4) is 0 Å². The van der Waals surface area contributed by atoms with Gasteiger partial charge in [-0.25, -0.2) is 0 Å². The maximum Gasteiger partial charge on any atom is 0.199 e. The first-order chi connectivity index (χ1) is 14.6. The van der Waals surface area contributed by atoms with Crippen LogP contribution in [-0.2, 0) is 20.6 Å². The van der Waals surface area contributed by atoms with Crippen molar-refractivity contribution >= 4 is 11.6 Å². The fourth-order valence-corrected chi connectivity index (χ4v) is 3.88. The van der Waals surface area contributed by atoms with E-state index in [1.807, 2.05) is 0 Å². The molecule has 0 aromatic heterocycles. The third-order valence-corrected chi connectivity index (χ3v) is 5.79. The van der Waals surface area contributed by atoms with Crippen molar-refractivity contribution in [2.24, 2.45) is 0 Å². The fourth-order valence-electron chi connectivity index (χ4n) is 3.75. The molecule has 8 N–H and O–H groups in total. The predicted molar refractivity (Wildman–Crippen MR) is 103 cm³/mol. The second kappa shape index (κ2) is 9.91. The van der Waals surface area contributed by atoms with Crippen molar-refractivity contribution in [3.8, 4) is 0 Å². The molecule has 2 aliphatic rings. The zero-order valence-corrected chi connectivity index (χ0v) is 17.1. The Kier molecular flexibility index (Phi) is 7.90. The molecule has 0 radical (unpaired) electrons. The molecular weight excluding hydrogens is 440 g/mol. The lowest BCUT2D eigenvalue weighted by Gasteiger charge is -2.49. The van der Waals surface area contributed by atoms with E-state index in [4.69, 9.17) is 25.8 Å². The molecular formula is C19H27ClO11. The Bertz CT molecular complexity index is 717. The molecule has 2 heterocycles. The predicted octanol–water partition coefficient (Wildman–Crippen LogP) is -3.13. The molecule has 2 saturated heterocycles. The lowest BCUT2D eigenvalue weighted by molar-refractivity contribution is -0.383. The number of hydrogen-bond donors (Lipinski definition) is 8. The van der Waals surface area contributed by atoms with Gasteiger partial charge < -0.3 is 55.1 Å². The topological polar surface area (TPSA) is 190 Å². The Morgan fingerprint density at radius 3 is 2.06 bits per heavy atom. The van der Waals surface area contributed by atoms with Gasteiger partial charge in [0.15, 0.2) is 12.1 Å². The molecule has 0 unspecified atom stereocenters. The molecule has 11 nitrogen and oxygen atoms in total. The molecule has 2 aliphatic heterocycles. The van der Waals surface area contributed by atoms with Crippen molar-refractivity contribution in [2.75, 3.05) is 13.2 Å². The molecule has 0 aliphatic carbocycles. The zero-order chi connectivity index (χ0) is 22.9. The van der Waals surface area contributed by atoms with Gasteiger partial charge in [-0.2, -0.15) is 0 Å². The van der Waals surface area contributed by atoms with E-state index in [9.17, 15) is 40.9 Å². The van der Waals surface area contributed by atoms with Gasteiger partial charge in [0.25, 0.3) is 0 Å². The highest BCUT2D eigenvalue weighted by atomic mass is 35.5. The smallest absolute Gasteiger partial charge is 0.199 e. The van der Waals surface area contributed by atoms with Gasteiger partial charge in [0.2, 0.25) is 0 Å². The van der Waals surface area contributed by atoms with Gasteiger partial charge in [-0.05, 0) is 17.7 Å². The Hall–Kier alpha value is -0.930. The van der Waals surface area contributed by atoms with E-state index in [0.29, 0.717) is 10.6 Å². The number of halogens is 1. The van der Waals surface area contributed by atoms with Gasteiger partial charge in [0.1, 0.15) is 48.8 Å². The summed E-state index contributed by atoms with van der Waals surface area (Å²) in [6.07, 6.45) is -14.8. The molecule has 176 valence electrons. The van der Waals surface area contributed by atoms with Gasteiger partial charge in [0, 0.05) is 11.4 Å². The molecule has 1 aromatic carbocycles. The maximum atomic E-state index is 10.8. The van der Waals surface area contributed by atoms with Crippen LogP contribution in [0.15, 0.2) is 24.3 Å². The summed E-state index contributed by atoms with van der Waals surface area (Å²) >= 11 is 5.84. The number of hydrogen-bond acceptors (Lipinski definition) is 11. The van der Waals surface area contributed by atoms with Crippen molar-refractivity contribution < 1.29 is 55.1 Å². The molecule has 0 bridgehead atoms. The molecule has 2 fully saturated rings. The van der Waals surface area contributed by atoms with Crippen LogP contribution < -0.4 is 0 Å². The lowest BCUT2D eigenvalue weighted by atomic mass is 9.88. The molecule has 0 spiro atoms. The monoisotopic (exact) mass is 466 g/mol. The van der Waals surface area contributed by atoms with Crippen LogP contribution in [-0.4, -0.2) is 115 Å². The standard InChI is InChI=1S/C19H27ClO11/c20-9-3-1-8(2-4-9)5-19(28)17(27)15(26)16(11(7-22)31-19)30-18-14(25)13(24)12(23)10(6-21)29-18/h1-4,10-18,21-28H,5-7H2/t10-,11-,12+,13+,14-,15+,16-,17-,18+,19-/m1/s1. The van der Waals surface area contributed by atoms with Crippen molar-refractivity contribution in [1.82, 2.24) is 0 Å². The number of aliphatic hydroxyl groups excluding tert-OH is 7. The van der Waals surface area contributed by atoms with E-state index in [2.05, 4.69) is 0 Å². The Morgan fingerprint density at radius 1 is 0.871 bits per heavy atom. The van der Waals surface area contributed by atoms with E-state index in [1.165, 1.54) is 0 Å². The van der Waals surface area contributed by atoms with Crippen LogP contribution in [0, 0.1) is 0 Å². The first-order valence-electron chi connectivity index (χ1n) is 9.69. The van der Waals surface area contributed by atoms with Crippen LogP contribution in [0.2, 0.25) is 5.02 Å². The van der Waals surface area contributed by atoms with E-state index in [1.54, 1.807) is 24.3 Å². The number of aliphatic hydroxyl groups is 8. The second-order valence-electron chi connectivity index (χ2n) is 7.72.